The number of benzene rings is 2. The number of carbonyl (C=O) groups excluding carboxylic acids is 2. The van der Waals surface area contributed by atoms with Crippen molar-refractivity contribution in [3.05, 3.63) is 71.8 Å². The summed E-state index contributed by atoms with van der Waals surface area (Å²) in [5.41, 5.74) is 0.899. The van der Waals surface area contributed by atoms with Crippen LogP contribution in [0.4, 0.5) is 0 Å². The molecular formula is C27H30N2O7. The highest BCUT2D eigenvalue weighted by atomic mass is 16.5. The van der Waals surface area contributed by atoms with Gasteiger partial charge in [-0.25, -0.2) is 0 Å². The van der Waals surface area contributed by atoms with Crippen LogP contribution in [0.15, 0.2) is 60.7 Å². The molecule has 0 spiro atoms. The SMILES string of the molecule is C=CCOc1ccc(/C(O)=C2\C(=O)C(=O)N(CCN3CCOCC3)C2c2ccc(O)c(OC)c2)cc1. The maximum atomic E-state index is 13.2. The number of aliphatic hydroxyl groups is 1. The Labute approximate surface area is 209 Å². The number of rotatable bonds is 9. The molecule has 2 aliphatic rings. The topological polar surface area (TPSA) is 109 Å². The van der Waals surface area contributed by atoms with Gasteiger partial charge in [-0.3, -0.25) is 14.5 Å². The predicted molar refractivity (Wildman–Crippen MR) is 133 cm³/mol. The third-order valence-electron chi connectivity index (χ3n) is 6.32. The minimum Gasteiger partial charge on any atom is -0.507 e. The largest absolute Gasteiger partial charge is 0.507 e. The first kappa shape index (κ1) is 25.3. The minimum atomic E-state index is -0.850. The summed E-state index contributed by atoms with van der Waals surface area (Å²) < 4.78 is 16.1. The van der Waals surface area contributed by atoms with Crippen LogP contribution in [0.1, 0.15) is 17.2 Å². The first-order valence-electron chi connectivity index (χ1n) is 11.7. The van der Waals surface area contributed by atoms with Crippen molar-refractivity contribution >= 4 is 17.4 Å². The number of aliphatic hydroxyl groups excluding tert-OH is 1. The zero-order chi connectivity index (χ0) is 25.7. The lowest BCUT2D eigenvalue weighted by Crippen LogP contribution is -2.42. The van der Waals surface area contributed by atoms with Crippen LogP contribution in [0.25, 0.3) is 5.76 Å². The van der Waals surface area contributed by atoms with Crippen LogP contribution < -0.4 is 9.47 Å². The summed E-state index contributed by atoms with van der Waals surface area (Å²) >= 11 is 0. The quantitative estimate of drug-likeness (QED) is 0.237. The molecule has 0 aromatic heterocycles. The molecule has 190 valence electrons. The molecule has 0 radical (unpaired) electrons. The average Bonchev–Trinajstić information content (AvgIpc) is 3.16. The van der Waals surface area contributed by atoms with Crippen molar-refractivity contribution in [1.82, 2.24) is 9.80 Å². The number of amides is 1. The van der Waals surface area contributed by atoms with Crippen molar-refractivity contribution in [2.45, 2.75) is 6.04 Å². The number of Topliss-reactive ketones (excluding diaryl/α,β-unsaturated/α-hetero) is 1. The lowest BCUT2D eigenvalue weighted by molar-refractivity contribution is -0.140. The third-order valence-corrected chi connectivity index (χ3v) is 6.32. The van der Waals surface area contributed by atoms with Gasteiger partial charge in [0.2, 0.25) is 0 Å². The van der Waals surface area contributed by atoms with Crippen molar-refractivity contribution in [3.8, 4) is 17.2 Å². The maximum absolute atomic E-state index is 13.2. The van der Waals surface area contributed by atoms with Gasteiger partial charge >= 0.3 is 0 Å². The normalized spacial score (nSPS) is 19.9. The third kappa shape index (κ3) is 5.22. The lowest BCUT2D eigenvalue weighted by atomic mass is 9.95. The van der Waals surface area contributed by atoms with Gasteiger partial charge in [-0.15, -0.1) is 0 Å². The lowest BCUT2D eigenvalue weighted by Gasteiger charge is -2.31. The van der Waals surface area contributed by atoms with Gasteiger partial charge in [0.15, 0.2) is 11.5 Å². The molecule has 2 fully saturated rings. The van der Waals surface area contributed by atoms with Crippen molar-refractivity contribution in [2.75, 3.05) is 53.1 Å². The molecule has 2 aliphatic heterocycles. The van der Waals surface area contributed by atoms with E-state index in [0.717, 1.165) is 13.1 Å². The summed E-state index contributed by atoms with van der Waals surface area (Å²) in [6.07, 6.45) is 1.62. The molecule has 0 saturated carbocycles. The van der Waals surface area contributed by atoms with E-state index in [1.165, 1.54) is 18.1 Å². The van der Waals surface area contributed by atoms with E-state index in [4.69, 9.17) is 14.2 Å². The Balaban J connectivity index is 1.73. The molecule has 2 aromatic rings. The van der Waals surface area contributed by atoms with Gasteiger partial charge in [-0.2, -0.15) is 0 Å². The summed E-state index contributed by atoms with van der Waals surface area (Å²) in [5.74, 6) is -1.02. The molecule has 2 aromatic carbocycles. The number of morpholine rings is 1. The molecule has 4 rings (SSSR count). The van der Waals surface area contributed by atoms with Crippen LogP contribution in [-0.2, 0) is 14.3 Å². The fourth-order valence-corrected chi connectivity index (χ4v) is 4.42. The molecule has 1 unspecified atom stereocenters. The molecule has 2 saturated heterocycles. The molecule has 2 heterocycles. The van der Waals surface area contributed by atoms with Crippen molar-refractivity contribution in [1.29, 1.82) is 0 Å². The molecule has 9 nitrogen and oxygen atoms in total. The minimum absolute atomic E-state index is 0.0190. The summed E-state index contributed by atoms with van der Waals surface area (Å²) in [6.45, 7) is 7.49. The molecule has 1 amide bonds. The van der Waals surface area contributed by atoms with E-state index < -0.39 is 17.7 Å². The maximum Gasteiger partial charge on any atom is 0.295 e. The Hall–Kier alpha value is -3.82. The number of carbonyl (C=O) groups is 2. The molecule has 0 aliphatic carbocycles. The fraction of sp³-hybridized carbons (Fsp3) is 0.333. The van der Waals surface area contributed by atoms with E-state index >= 15 is 0 Å². The van der Waals surface area contributed by atoms with Crippen LogP contribution >= 0.6 is 0 Å². The highest BCUT2D eigenvalue weighted by Gasteiger charge is 2.46. The second-order valence-electron chi connectivity index (χ2n) is 8.50. The van der Waals surface area contributed by atoms with Crippen LogP contribution in [-0.4, -0.2) is 84.8 Å². The van der Waals surface area contributed by atoms with Crippen molar-refractivity contribution in [3.63, 3.8) is 0 Å². The smallest absolute Gasteiger partial charge is 0.295 e. The van der Waals surface area contributed by atoms with Gasteiger partial charge in [0.1, 0.15) is 18.1 Å². The number of phenolic OH excluding ortho intramolecular Hbond substituents is 1. The monoisotopic (exact) mass is 494 g/mol. The Morgan fingerprint density at radius 3 is 2.53 bits per heavy atom. The van der Waals surface area contributed by atoms with E-state index in [0.29, 0.717) is 43.2 Å². The van der Waals surface area contributed by atoms with E-state index in [-0.39, 0.29) is 29.4 Å². The van der Waals surface area contributed by atoms with E-state index in [2.05, 4.69) is 11.5 Å². The zero-order valence-corrected chi connectivity index (χ0v) is 20.2. The fourth-order valence-electron chi connectivity index (χ4n) is 4.42. The van der Waals surface area contributed by atoms with Crippen molar-refractivity contribution < 1.29 is 34.0 Å². The van der Waals surface area contributed by atoms with Crippen LogP contribution in [0.3, 0.4) is 0 Å². The van der Waals surface area contributed by atoms with E-state index in [1.54, 1.807) is 42.5 Å². The number of ether oxygens (including phenoxy) is 3. The van der Waals surface area contributed by atoms with Gasteiger partial charge in [-0.05, 0) is 42.0 Å². The highest BCUT2D eigenvalue weighted by Crippen LogP contribution is 2.41. The van der Waals surface area contributed by atoms with Gasteiger partial charge in [-0.1, -0.05) is 18.7 Å². The molecule has 36 heavy (non-hydrogen) atoms. The summed E-state index contributed by atoms with van der Waals surface area (Å²) in [6, 6.07) is 10.4. The number of nitrogens with zero attached hydrogens (tertiary/aromatic N) is 2. The number of hydrogen-bond donors (Lipinski definition) is 2. The van der Waals surface area contributed by atoms with Crippen LogP contribution in [0.2, 0.25) is 0 Å². The van der Waals surface area contributed by atoms with Crippen LogP contribution in [0, 0.1) is 0 Å². The second-order valence-corrected chi connectivity index (χ2v) is 8.50. The summed E-state index contributed by atoms with van der Waals surface area (Å²) in [4.78, 5) is 30.1. The van der Waals surface area contributed by atoms with Gasteiger partial charge < -0.3 is 29.3 Å². The van der Waals surface area contributed by atoms with E-state index in [9.17, 15) is 19.8 Å². The Morgan fingerprint density at radius 1 is 1.14 bits per heavy atom. The molecule has 1 atom stereocenters. The van der Waals surface area contributed by atoms with Gasteiger partial charge in [0.05, 0.1) is 31.9 Å². The van der Waals surface area contributed by atoms with E-state index in [1.807, 2.05) is 0 Å². The predicted octanol–water partition coefficient (Wildman–Crippen LogP) is 2.72. The zero-order valence-electron chi connectivity index (χ0n) is 20.2. The Bertz CT molecular complexity index is 1150. The van der Waals surface area contributed by atoms with Gasteiger partial charge in [0, 0.05) is 31.7 Å². The number of likely N-dealkylation sites (tertiary alicyclic amines) is 1. The Morgan fingerprint density at radius 2 is 1.86 bits per heavy atom. The standard InChI is InChI=1S/C27H30N2O7/c1-3-14-36-20-7-4-18(5-8-20)25(31)23-24(19-6-9-21(30)22(17-19)34-2)29(27(33)26(23)32)11-10-28-12-15-35-16-13-28/h3-9,17,24,30-31H,1,10-16H2,2H3/b25-23+. The molecular weight excluding hydrogens is 464 g/mol. The number of ketones is 1. The first-order chi connectivity index (χ1) is 17.4. The number of aromatic hydroxyl groups is 1. The van der Waals surface area contributed by atoms with Crippen molar-refractivity contribution in [2.24, 2.45) is 0 Å². The van der Waals surface area contributed by atoms with Crippen LogP contribution in [0.5, 0.6) is 17.2 Å². The second kappa shape index (κ2) is 11.3. The number of phenols is 1. The molecule has 0 bridgehead atoms. The number of methoxy groups -OCH3 is 1. The summed E-state index contributed by atoms with van der Waals surface area (Å²) in [5, 5.41) is 21.3. The molecule has 9 heteroatoms. The highest BCUT2D eigenvalue weighted by molar-refractivity contribution is 6.46. The average molecular weight is 495 g/mol. The summed E-state index contributed by atoms with van der Waals surface area (Å²) in [7, 11) is 1.42. The first-order valence-corrected chi connectivity index (χ1v) is 11.7. The Kier molecular flexibility index (Phi) is 7.92. The number of hydrogen-bond acceptors (Lipinski definition) is 8. The van der Waals surface area contributed by atoms with Gasteiger partial charge in [0.25, 0.3) is 11.7 Å². The molecule has 2 N–H and O–H groups in total.